The van der Waals surface area contributed by atoms with E-state index in [2.05, 4.69) is 33.9 Å². The Morgan fingerprint density at radius 1 is 1.47 bits per heavy atom. The van der Waals surface area contributed by atoms with Gasteiger partial charge in [-0.2, -0.15) is 0 Å². The number of carbonyl (C=O) groups excluding carboxylic acids is 1. The largest absolute Gasteiger partial charge is 0.351 e. The summed E-state index contributed by atoms with van der Waals surface area (Å²) in [6, 6.07) is 6.11. The second-order valence-corrected chi connectivity index (χ2v) is 4.36. The van der Waals surface area contributed by atoms with Gasteiger partial charge in [-0.15, -0.1) is 0 Å². The number of para-hydroxylation sites is 1. The number of fused-ring (bicyclic) bond motifs is 1. The van der Waals surface area contributed by atoms with Gasteiger partial charge in [0.1, 0.15) is 0 Å². The van der Waals surface area contributed by atoms with E-state index in [4.69, 9.17) is 0 Å². The second kappa shape index (κ2) is 3.81. The molecular weight excluding hydrogens is 254 g/mol. The zero-order chi connectivity index (χ0) is 11.0. The lowest BCUT2D eigenvalue weighted by Gasteiger charge is -1.97. The van der Waals surface area contributed by atoms with Gasteiger partial charge in [0.25, 0.3) is 0 Å². The van der Waals surface area contributed by atoms with Gasteiger partial charge in [0, 0.05) is 12.3 Å². The fourth-order valence-electron chi connectivity index (χ4n) is 1.78. The Labute approximate surface area is 96.8 Å². The summed E-state index contributed by atoms with van der Waals surface area (Å²) in [5, 5.41) is 1.08. The summed E-state index contributed by atoms with van der Waals surface area (Å²) < 4.78 is 0.875. The first-order valence-electron chi connectivity index (χ1n) is 4.95. The van der Waals surface area contributed by atoms with E-state index in [1.807, 2.05) is 12.1 Å². The highest BCUT2D eigenvalue weighted by Gasteiger charge is 2.13. The normalized spacial score (nSPS) is 10.9. The van der Waals surface area contributed by atoms with Crippen LogP contribution in [-0.4, -0.2) is 10.8 Å². The molecule has 0 saturated carbocycles. The Balaban J connectivity index is 2.81. The van der Waals surface area contributed by atoms with Crippen molar-refractivity contribution < 1.29 is 4.79 Å². The molecule has 1 aromatic carbocycles. The van der Waals surface area contributed by atoms with Crippen LogP contribution in [0.15, 0.2) is 22.7 Å². The van der Waals surface area contributed by atoms with E-state index in [0.29, 0.717) is 5.69 Å². The monoisotopic (exact) mass is 265 g/mol. The lowest BCUT2D eigenvalue weighted by Crippen LogP contribution is -1.92. The lowest BCUT2D eigenvalue weighted by atomic mass is 10.1. The molecule has 1 heterocycles. The Hall–Kier alpha value is -1.09. The number of aromatic amines is 1. The number of aromatic nitrogens is 1. The fraction of sp³-hybridized carbons (Fsp3) is 0.250. The van der Waals surface area contributed by atoms with Crippen molar-refractivity contribution in [1.82, 2.24) is 4.98 Å². The molecule has 0 aliphatic carbocycles. The smallest absolute Gasteiger partial charge is 0.177 e. The molecule has 0 aliphatic rings. The van der Waals surface area contributed by atoms with Gasteiger partial charge < -0.3 is 4.98 Å². The van der Waals surface area contributed by atoms with E-state index < -0.39 is 0 Å². The summed E-state index contributed by atoms with van der Waals surface area (Å²) in [5.74, 6) is 0.0557. The third kappa shape index (κ3) is 1.61. The number of aryl methyl sites for hydroxylation is 1. The Morgan fingerprint density at radius 2 is 2.20 bits per heavy atom. The molecule has 2 nitrogen and oxygen atoms in total. The van der Waals surface area contributed by atoms with Gasteiger partial charge in [0.05, 0.1) is 15.7 Å². The van der Waals surface area contributed by atoms with E-state index in [9.17, 15) is 4.79 Å². The number of hydrogen-bond donors (Lipinski definition) is 1. The molecule has 2 aromatic rings. The first-order valence-corrected chi connectivity index (χ1v) is 5.74. The minimum absolute atomic E-state index is 0.0557. The maximum absolute atomic E-state index is 11.4. The predicted molar refractivity (Wildman–Crippen MR) is 65.4 cm³/mol. The van der Waals surface area contributed by atoms with Crippen molar-refractivity contribution in [3.05, 3.63) is 33.9 Å². The molecule has 1 N–H and O–H groups in total. The van der Waals surface area contributed by atoms with Crippen molar-refractivity contribution in [2.75, 3.05) is 0 Å². The van der Waals surface area contributed by atoms with Gasteiger partial charge in [0.2, 0.25) is 0 Å². The number of ketones is 1. The molecule has 0 atom stereocenters. The molecule has 0 aliphatic heterocycles. The number of rotatable bonds is 2. The second-order valence-electron chi connectivity index (χ2n) is 3.56. The third-order valence-electron chi connectivity index (χ3n) is 2.59. The lowest BCUT2D eigenvalue weighted by molar-refractivity contribution is 0.101. The van der Waals surface area contributed by atoms with Crippen LogP contribution < -0.4 is 0 Å². The van der Waals surface area contributed by atoms with Crippen LogP contribution in [0.4, 0.5) is 0 Å². The minimum atomic E-state index is 0.0557. The van der Waals surface area contributed by atoms with Crippen LogP contribution in [0.3, 0.4) is 0 Å². The molecule has 0 fully saturated rings. The molecule has 3 heteroatoms. The van der Waals surface area contributed by atoms with Crippen molar-refractivity contribution in [3.8, 4) is 0 Å². The summed E-state index contributed by atoms with van der Waals surface area (Å²) in [6.07, 6.45) is 0.960. The molecule has 15 heavy (non-hydrogen) atoms. The van der Waals surface area contributed by atoms with Crippen LogP contribution in [-0.2, 0) is 6.42 Å². The number of H-pyrrole nitrogens is 1. The van der Waals surface area contributed by atoms with Crippen molar-refractivity contribution in [2.45, 2.75) is 20.3 Å². The summed E-state index contributed by atoms with van der Waals surface area (Å²) in [5.41, 5.74) is 2.96. The third-order valence-corrected chi connectivity index (χ3v) is 3.41. The Morgan fingerprint density at radius 3 is 2.80 bits per heavy atom. The van der Waals surface area contributed by atoms with Crippen molar-refractivity contribution in [2.24, 2.45) is 0 Å². The van der Waals surface area contributed by atoms with Gasteiger partial charge in [0.15, 0.2) is 5.78 Å². The van der Waals surface area contributed by atoms with E-state index in [1.54, 1.807) is 6.92 Å². The summed E-state index contributed by atoms with van der Waals surface area (Å²) >= 11 is 3.46. The molecule has 0 spiro atoms. The number of hydrogen-bond acceptors (Lipinski definition) is 1. The Kier molecular flexibility index (Phi) is 2.65. The average Bonchev–Trinajstić information content (AvgIpc) is 2.56. The zero-order valence-corrected chi connectivity index (χ0v) is 10.3. The predicted octanol–water partition coefficient (Wildman–Crippen LogP) is 3.70. The highest BCUT2D eigenvalue weighted by Crippen LogP contribution is 2.30. The minimum Gasteiger partial charge on any atom is -0.351 e. The fourth-order valence-corrected chi connectivity index (χ4v) is 2.49. The summed E-state index contributed by atoms with van der Waals surface area (Å²) in [7, 11) is 0. The van der Waals surface area contributed by atoms with Gasteiger partial charge in [-0.25, -0.2) is 0 Å². The maximum Gasteiger partial charge on any atom is 0.177 e. The van der Waals surface area contributed by atoms with Gasteiger partial charge >= 0.3 is 0 Å². The number of carbonyl (C=O) groups is 1. The highest BCUT2D eigenvalue weighted by atomic mass is 79.9. The molecule has 0 radical (unpaired) electrons. The van der Waals surface area contributed by atoms with Crippen molar-refractivity contribution in [3.63, 3.8) is 0 Å². The molecule has 0 amide bonds. The van der Waals surface area contributed by atoms with Crippen LogP contribution in [0.25, 0.3) is 10.9 Å². The molecule has 2 rings (SSSR count). The summed E-state index contributed by atoms with van der Waals surface area (Å²) in [4.78, 5) is 14.6. The first-order chi connectivity index (χ1) is 7.15. The number of nitrogens with one attached hydrogen (secondary N) is 1. The van der Waals surface area contributed by atoms with Crippen molar-refractivity contribution in [1.29, 1.82) is 0 Å². The zero-order valence-electron chi connectivity index (χ0n) is 8.73. The molecular formula is C12H12BrNO. The van der Waals surface area contributed by atoms with Crippen LogP contribution in [0.5, 0.6) is 0 Å². The molecule has 0 unspecified atom stereocenters. The quantitative estimate of drug-likeness (QED) is 0.826. The van der Waals surface area contributed by atoms with Gasteiger partial charge in [-0.1, -0.05) is 25.1 Å². The van der Waals surface area contributed by atoms with Crippen LogP contribution in [0.1, 0.15) is 29.9 Å². The van der Waals surface area contributed by atoms with Crippen molar-refractivity contribution >= 4 is 32.6 Å². The van der Waals surface area contributed by atoms with Crippen LogP contribution in [0, 0.1) is 0 Å². The number of Topliss-reactive ketones (excluding diaryl/α,β-unsaturated/α-hetero) is 1. The number of benzene rings is 1. The van der Waals surface area contributed by atoms with E-state index in [-0.39, 0.29) is 5.78 Å². The summed E-state index contributed by atoms with van der Waals surface area (Å²) in [6.45, 7) is 3.68. The molecule has 0 bridgehead atoms. The van der Waals surface area contributed by atoms with E-state index in [0.717, 1.165) is 21.8 Å². The topological polar surface area (TPSA) is 32.9 Å². The van der Waals surface area contributed by atoms with E-state index in [1.165, 1.54) is 5.56 Å². The molecule has 1 aromatic heterocycles. The highest BCUT2D eigenvalue weighted by molar-refractivity contribution is 9.10. The Bertz CT molecular complexity index is 528. The molecule has 0 saturated heterocycles. The number of halogens is 1. The van der Waals surface area contributed by atoms with Gasteiger partial charge in [-0.3, -0.25) is 4.79 Å². The maximum atomic E-state index is 11.4. The SMILES string of the molecule is CCc1cccc2c(Br)c(C(C)=O)[nH]c12. The van der Waals surface area contributed by atoms with Gasteiger partial charge in [-0.05, 0) is 27.9 Å². The average molecular weight is 266 g/mol. The van der Waals surface area contributed by atoms with Crippen LogP contribution in [0.2, 0.25) is 0 Å². The molecule has 78 valence electrons. The standard InChI is InChI=1S/C12H12BrNO/c1-3-8-5-4-6-9-10(13)11(7(2)15)14-12(8)9/h4-6,14H,3H2,1-2H3. The van der Waals surface area contributed by atoms with Crippen LogP contribution >= 0.6 is 15.9 Å². The van der Waals surface area contributed by atoms with E-state index >= 15 is 0 Å². The first kappa shape index (κ1) is 10.4.